The van der Waals surface area contributed by atoms with Crippen LogP contribution in [0.25, 0.3) is 11.1 Å². The summed E-state index contributed by atoms with van der Waals surface area (Å²) in [6.45, 7) is 9.20. The first-order valence-electron chi connectivity index (χ1n) is 8.45. The Morgan fingerprint density at radius 3 is 2.37 bits per heavy atom. The number of nitrogens with one attached hydrogen (secondary N) is 2. The molecular weight excluding hydrogens is 357 g/mol. The number of urea groups is 1. The number of rotatable bonds is 3. The molecule has 0 spiro atoms. The van der Waals surface area contributed by atoms with Gasteiger partial charge in [-0.3, -0.25) is 9.97 Å². The molecule has 146 valence electrons. The SMILES string of the molecule is Cc1cc(C(C)NC(=O)NC(C)(C)C)ncc1-c1ccnc(C(F)(F)F)c1. The molecule has 1 unspecified atom stereocenters. The van der Waals surface area contributed by atoms with Crippen LogP contribution in [0.4, 0.5) is 18.0 Å². The average Bonchev–Trinajstić information content (AvgIpc) is 2.52. The second-order valence-corrected chi connectivity index (χ2v) is 7.42. The summed E-state index contributed by atoms with van der Waals surface area (Å²) < 4.78 is 38.6. The van der Waals surface area contributed by atoms with Gasteiger partial charge in [-0.1, -0.05) is 0 Å². The first kappa shape index (κ1) is 20.7. The van der Waals surface area contributed by atoms with Gasteiger partial charge in [0.1, 0.15) is 5.69 Å². The fourth-order valence-corrected chi connectivity index (χ4v) is 2.52. The van der Waals surface area contributed by atoms with Crippen LogP contribution in [0, 0.1) is 6.92 Å². The number of hydrogen-bond acceptors (Lipinski definition) is 3. The molecular formula is C19H23F3N4O. The van der Waals surface area contributed by atoms with E-state index in [2.05, 4.69) is 20.6 Å². The van der Waals surface area contributed by atoms with Gasteiger partial charge in [0, 0.05) is 23.5 Å². The largest absolute Gasteiger partial charge is 0.433 e. The van der Waals surface area contributed by atoms with E-state index in [1.54, 1.807) is 19.9 Å². The second kappa shape index (κ2) is 7.54. The van der Waals surface area contributed by atoms with E-state index in [1.807, 2.05) is 20.8 Å². The molecule has 0 aliphatic rings. The van der Waals surface area contributed by atoms with Crippen molar-refractivity contribution in [1.29, 1.82) is 0 Å². The molecule has 8 heteroatoms. The molecule has 0 saturated carbocycles. The number of aryl methyl sites for hydroxylation is 1. The van der Waals surface area contributed by atoms with E-state index in [-0.39, 0.29) is 17.6 Å². The maximum Gasteiger partial charge on any atom is 0.433 e. The van der Waals surface area contributed by atoms with E-state index < -0.39 is 11.9 Å². The van der Waals surface area contributed by atoms with Gasteiger partial charge in [0.05, 0.1) is 11.7 Å². The van der Waals surface area contributed by atoms with Crippen molar-refractivity contribution in [2.24, 2.45) is 0 Å². The third kappa shape index (κ3) is 5.67. The minimum Gasteiger partial charge on any atom is -0.334 e. The number of pyridine rings is 2. The predicted octanol–water partition coefficient (Wildman–Crippen LogP) is 4.63. The minimum atomic E-state index is -4.50. The molecule has 2 heterocycles. The number of halogens is 3. The lowest BCUT2D eigenvalue weighted by molar-refractivity contribution is -0.141. The number of carbonyl (C=O) groups excluding carboxylic acids is 1. The molecule has 0 radical (unpaired) electrons. The van der Waals surface area contributed by atoms with E-state index in [0.29, 0.717) is 16.8 Å². The minimum absolute atomic E-state index is 0.317. The van der Waals surface area contributed by atoms with Gasteiger partial charge >= 0.3 is 12.2 Å². The summed E-state index contributed by atoms with van der Waals surface area (Å²) in [7, 11) is 0. The first-order chi connectivity index (χ1) is 12.4. The molecule has 0 saturated heterocycles. The highest BCUT2D eigenvalue weighted by Crippen LogP contribution is 2.31. The highest BCUT2D eigenvalue weighted by molar-refractivity contribution is 5.75. The Bertz CT molecular complexity index is 828. The molecule has 2 rings (SSSR count). The summed E-state index contributed by atoms with van der Waals surface area (Å²) in [5, 5.41) is 5.60. The zero-order chi connectivity index (χ0) is 20.4. The van der Waals surface area contributed by atoms with Crippen LogP contribution >= 0.6 is 0 Å². The average molecular weight is 380 g/mol. The van der Waals surface area contributed by atoms with E-state index in [0.717, 1.165) is 17.8 Å². The molecule has 2 amide bonds. The summed E-state index contributed by atoms with van der Waals surface area (Å²) in [5.74, 6) is 0. The van der Waals surface area contributed by atoms with Gasteiger partial charge < -0.3 is 10.6 Å². The normalized spacial score (nSPS) is 13.2. The number of alkyl halides is 3. The zero-order valence-electron chi connectivity index (χ0n) is 15.9. The monoisotopic (exact) mass is 380 g/mol. The molecule has 0 aromatic carbocycles. The van der Waals surface area contributed by atoms with Gasteiger partial charge in [0.15, 0.2) is 0 Å². The lowest BCUT2D eigenvalue weighted by atomic mass is 10.0. The van der Waals surface area contributed by atoms with Crippen molar-refractivity contribution in [2.75, 3.05) is 0 Å². The van der Waals surface area contributed by atoms with Crippen molar-refractivity contribution in [3.05, 3.63) is 47.5 Å². The van der Waals surface area contributed by atoms with Gasteiger partial charge in [-0.25, -0.2) is 4.79 Å². The van der Waals surface area contributed by atoms with Crippen LogP contribution in [-0.2, 0) is 6.18 Å². The van der Waals surface area contributed by atoms with Crippen molar-refractivity contribution in [2.45, 2.75) is 52.4 Å². The van der Waals surface area contributed by atoms with Crippen LogP contribution < -0.4 is 10.6 Å². The molecule has 27 heavy (non-hydrogen) atoms. The highest BCUT2D eigenvalue weighted by atomic mass is 19.4. The molecule has 0 fully saturated rings. The van der Waals surface area contributed by atoms with Crippen molar-refractivity contribution in [1.82, 2.24) is 20.6 Å². The fraction of sp³-hybridized carbons (Fsp3) is 0.421. The molecule has 0 bridgehead atoms. The molecule has 1 atom stereocenters. The quantitative estimate of drug-likeness (QED) is 0.816. The summed E-state index contributed by atoms with van der Waals surface area (Å²) in [5.41, 5.74) is 1.03. The third-order valence-corrected chi connectivity index (χ3v) is 3.77. The van der Waals surface area contributed by atoms with Crippen LogP contribution in [-0.4, -0.2) is 21.5 Å². The van der Waals surface area contributed by atoms with Crippen molar-refractivity contribution < 1.29 is 18.0 Å². The highest BCUT2D eigenvalue weighted by Gasteiger charge is 2.32. The zero-order valence-corrected chi connectivity index (χ0v) is 15.9. The molecule has 0 aliphatic carbocycles. The van der Waals surface area contributed by atoms with Crippen LogP contribution in [0.3, 0.4) is 0 Å². The Morgan fingerprint density at radius 1 is 1.15 bits per heavy atom. The summed E-state index contributed by atoms with van der Waals surface area (Å²) in [6, 6.07) is 3.59. The van der Waals surface area contributed by atoms with Crippen LogP contribution in [0.15, 0.2) is 30.6 Å². The molecule has 0 aliphatic heterocycles. The lowest BCUT2D eigenvalue weighted by Crippen LogP contribution is -2.47. The topological polar surface area (TPSA) is 66.9 Å². The summed E-state index contributed by atoms with van der Waals surface area (Å²) in [4.78, 5) is 19.7. The number of carbonyl (C=O) groups is 1. The maximum atomic E-state index is 12.9. The fourth-order valence-electron chi connectivity index (χ4n) is 2.52. The van der Waals surface area contributed by atoms with E-state index >= 15 is 0 Å². The van der Waals surface area contributed by atoms with Crippen molar-refractivity contribution in [3.63, 3.8) is 0 Å². The number of aromatic nitrogens is 2. The van der Waals surface area contributed by atoms with E-state index in [4.69, 9.17) is 0 Å². The molecule has 2 aromatic rings. The van der Waals surface area contributed by atoms with Gasteiger partial charge in [-0.15, -0.1) is 0 Å². The Kier molecular flexibility index (Phi) is 5.77. The number of amides is 2. The molecule has 5 nitrogen and oxygen atoms in total. The Balaban J connectivity index is 2.22. The van der Waals surface area contributed by atoms with Crippen LogP contribution in [0.2, 0.25) is 0 Å². The summed E-state index contributed by atoms with van der Waals surface area (Å²) in [6.07, 6.45) is -1.86. The van der Waals surface area contributed by atoms with Crippen LogP contribution in [0.1, 0.15) is 50.7 Å². The second-order valence-electron chi connectivity index (χ2n) is 7.42. The first-order valence-corrected chi connectivity index (χ1v) is 8.45. The van der Waals surface area contributed by atoms with Crippen molar-refractivity contribution in [3.8, 4) is 11.1 Å². The summed E-state index contributed by atoms with van der Waals surface area (Å²) >= 11 is 0. The van der Waals surface area contributed by atoms with Gasteiger partial charge in [-0.05, 0) is 63.9 Å². The third-order valence-electron chi connectivity index (χ3n) is 3.77. The molecule has 2 N–H and O–H groups in total. The number of hydrogen-bond donors (Lipinski definition) is 2. The molecule has 2 aromatic heterocycles. The standard InChI is InChI=1S/C19H23F3N4O/c1-11-8-15(12(2)25-17(27)26-18(3,4)5)24-10-14(11)13-6-7-23-16(9-13)19(20,21)22/h6-10,12H,1-5H3,(H2,25,26,27). The van der Waals surface area contributed by atoms with Gasteiger partial charge in [-0.2, -0.15) is 13.2 Å². The van der Waals surface area contributed by atoms with Crippen molar-refractivity contribution >= 4 is 6.03 Å². The van der Waals surface area contributed by atoms with Gasteiger partial charge in [0.2, 0.25) is 0 Å². The van der Waals surface area contributed by atoms with Gasteiger partial charge in [0.25, 0.3) is 0 Å². The number of nitrogens with zero attached hydrogens (tertiary/aromatic N) is 2. The Labute approximate surface area is 156 Å². The predicted molar refractivity (Wildman–Crippen MR) is 97.0 cm³/mol. The van der Waals surface area contributed by atoms with Crippen LogP contribution in [0.5, 0.6) is 0 Å². The smallest absolute Gasteiger partial charge is 0.334 e. The Morgan fingerprint density at radius 2 is 1.81 bits per heavy atom. The Hall–Kier alpha value is -2.64. The maximum absolute atomic E-state index is 12.9. The lowest BCUT2D eigenvalue weighted by Gasteiger charge is -2.23. The van der Waals surface area contributed by atoms with E-state index in [9.17, 15) is 18.0 Å². The van der Waals surface area contributed by atoms with E-state index in [1.165, 1.54) is 12.3 Å².